The molecular formula is C20H26N2O4. The maximum Gasteiger partial charge on any atom is 0.340 e. The van der Waals surface area contributed by atoms with E-state index in [2.05, 4.69) is 4.98 Å². The van der Waals surface area contributed by atoms with Crippen molar-refractivity contribution in [3.8, 4) is 0 Å². The number of hydrogen-bond acceptors (Lipinski definition) is 4. The van der Waals surface area contributed by atoms with E-state index >= 15 is 0 Å². The molecule has 6 heteroatoms. The molecule has 0 atom stereocenters. The van der Waals surface area contributed by atoms with Crippen molar-refractivity contribution in [2.45, 2.75) is 27.3 Å². The highest BCUT2D eigenvalue weighted by Gasteiger charge is 2.26. The Morgan fingerprint density at radius 2 is 1.85 bits per heavy atom. The molecule has 1 N–H and O–H groups in total. The minimum atomic E-state index is -0.413. The maximum absolute atomic E-state index is 13.1. The normalized spacial score (nSPS) is 10.6. The molecule has 2 aromatic rings. The number of aromatic nitrogens is 1. The van der Waals surface area contributed by atoms with Crippen molar-refractivity contribution in [1.29, 1.82) is 0 Å². The number of amides is 1. The summed E-state index contributed by atoms with van der Waals surface area (Å²) in [5, 5.41) is 0. The van der Waals surface area contributed by atoms with Crippen LogP contribution in [-0.2, 0) is 16.0 Å². The molecule has 0 radical (unpaired) electrons. The number of nitrogens with one attached hydrogen (secondary N) is 1. The molecule has 26 heavy (non-hydrogen) atoms. The number of rotatable bonds is 8. The molecule has 0 aliphatic rings. The van der Waals surface area contributed by atoms with Crippen LogP contribution >= 0.6 is 0 Å². The average Bonchev–Trinajstić information content (AvgIpc) is 2.93. The van der Waals surface area contributed by atoms with E-state index in [0.29, 0.717) is 48.8 Å². The van der Waals surface area contributed by atoms with Crippen molar-refractivity contribution in [3.05, 3.63) is 58.4 Å². The van der Waals surface area contributed by atoms with Crippen molar-refractivity contribution in [2.24, 2.45) is 0 Å². The summed E-state index contributed by atoms with van der Waals surface area (Å²) < 4.78 is 10.2. The lowest BCUT2D eigenvalue weighted by Crippen LogP contribution is -2.34. The zero-order valence-corrected chi connectivity index (χ0v) is 15.8. The number of carbonyl (C=O) groups excluding carboxylic acids is 2. The molecule has 1 amide bonds. The zero-order valence-electron chi connectivity index (χ0n) is 15.8. The molecule has 2 rings (SSSR count). The van der Waals surface area contributed by atoms with Gasteiger partial charge in [-0.3, -0.25) is 4.79 Å². The molecular weight excluding hydrogens is 332 g/mol. The van der Waals surface area contributed by atoms with Crippen LogP contribution in [0.2, 0.25) is 0 Å². The Labute approximate surface area is 154 Å². The third kappa shape index (κ3) is 4.52. The third-order valence-corrected chi connectivity index (χ3v) is 4.20. The van der Waals surface area contributed by atoms with Gasteiger partial charge in [0.2, 0.25) is 0 Å². The molecule has 0 spiro atoms. The number of esters is 1. The van der Waals surface area contributed by atoms with Gasteiger partial charge in [-0.15, -0.1) is 0 Å². The van der Waals surface area contributed by atoms with Gasteiger partial charge in [0.1, 0.15) is 5.69 Å². The first kappa shape index (κ1) is 19.7. The lowest BCUT2D eigenvalue weighted by molar-refractivity contribution is 0.0525. The Morgan fingerprint density at radius 3 is 2.46 bits per heavy atom. The van der Waals surface area contributed by atoms with Gasteiger partial charge < -0.3 is 19.4 Å². The second kappa shape index (κ2) is 9.20. The molecule has 0 aliphatic heterocycles. The second-order valence-corrected chi connectivity index (χ2v) is 6.05. The van der Waals surface area contributed by atoms with Crippen molar-refractivity contribution >= 4 is 11.9 Å². The summed E-state index contributed by atoms with van der Waals surface area (Å²) in [6.45, 7) is 6.94. The summed E-state index contributed by atoms with van der Waals surface area (Å²) >= 11 is 0. The number of benzene rings is 1. The van der Waals surface area contributed by atoms with E-state index in [-0.39, 0.29) is 5.91 Å². The molecule has 140 valence electrons. The van der Waals surface area contributed by atoms with Crippen LogP contribution in [0, 0.1) is 13.8 Å². The molecule has 0 saturated heterocycles. The maximum atomic E-state index is 13.1. The van der Waals surface area contributed by atoms with Crippen LogP contribution in [-0.4, -0.2) is 48.6 Å². The SMILES string of the molecule is CCOC(=O)c1c(C)[nH]c(C(=O)N(CCOC)Cc2ccccc2)c1C. The summed E-state index contributed by atoms with van der Waals surface area (Å²) in [6, 6.07) is 9.78. The molecule has 0 aliphatic carbocycles. The summed E-state index contributed by atoms with van der Waals surface area (Å²) in [5.41, 5.74) is 3.12. The van der Waals surface area contributed by atoms with E-state index in [1.807, 2.05) is 30.3 Å². The predicted octanol–water partition coefficient (Wildman–Crippen LogP) is 3.10. The zero-order chi connectivity index (χ0) is 19.1. The number of H-pyrrole nitrogens is 1. The van der Waals surface area contributed by atoms with Gasteiger partial charge in [-0.1, -0.05) is 30.3 Å². The molecule has 0 unspecified atom stereocenters. The highest BCUT2D eigenvalue weighted by Crippen LogP contribution is 2.21. The highest BCUT2D eigenvalue weighted by molar-refractivity contribution is 6.00. The minimum absolute atomic E-state index is 0.165. The van der Waals surface area contributed by atoms with E-state index in [4.69, 9.17) is 9.47 Å². The molecule has 1 aromatic heterocycles. The molecule has 0 fully saturated rings. The van der Waals surface area contributed by atoms with Gasteiger partial charge in [-0.25, -0.2) is 4.79 Å². The Morgan fingerprint density at radius 1 is 1.15 bits per heavy atom. The number of carbonyl (C=O) groups is 2. The van der Waals surface area contributed by atoms with E-state index < -0.39 is 5.97 Å². The first-order valence-corrected chi connectivity index (χ1v) is 8.68. The van der Waals surface area contributed by atoms with Crippen LogP contribution in [0.5, 0.6) is 0 Å². The van der Waals surface area contributed by atoms with Gasteiger partial charge in [-0.05, 0) is 31.9 Å². The third-order valence-electron chi connectivity index (χ3n) is 4.20. The van der Waals surface area contributed by atoms with E-state index in [1.54, 1.807) is 32.8 Å². The minimum Gasteiger partial charge on any atom is -0.462 e. The predicted molar refractivity (Wildman–Crippen MR) is 99.3 cm³/mol. The van der Waals surface area contributed by atoms with Crippen LogP contribution in [0.4, 0.5) is 0 Å². The molecule has 0 bridgehead atoms. The van der Waals surface area contributed by atoms with E-state index in [0.717, 1.165) is 5.56 Å². The Bertz CT molecular complexity index is 753. The van der Waals surface area contributed by atoms with E-state index in [9.17, 15) is 9.59 Å². The van der Waals surface area contributed by atoms with Gasteiger partial charge in [0.05, 0.1) is 18.8 Å². The van der Waals surface area contributed by atoms with Crippen LogP contribution < -0.4 is 0 Å². The van der Waals surface area contributed by atoms with Crippen LogP contribution in [0.15, 0.2) is 30.3 Å². The molecule has 1 aromatic carbocycles. The fourth-order valence-electron chi connectivity index (χ4n) is 2.89. The van der Waals surface area contributed by atoms with Crippen molar-refractivity contribution < 1.29 is 19.1 Å². The summed E-state index contributed by atoms with van der Waals surface area (Å²) in [7, 11) is 1.61. The fraction of sp³-hybridized carbons (Fsp3) is 0.400. The quantitative estimate of drug-likeness (QED) is 0.736. The highest BCUT2D eigenvalue weighted by atomic mass is 16.5. The van der Waals surface area contributed by atoms with Crippen LogP contribution in [0.1, 0.15) is 44.6 Å². The van der Waals surface area contributed by atoms with Crippen molar-refractivity contribution in [2.75, 3.05) is 26.9 Å². The topological polar surface area (TPSA) is 71.6 Å². The number of hydrogen-bond donors (Lipinski definition) is 1. The molecule has 1 heterocycles. The van der Waals surface area contributed by atoms with Gasteiger partial charge in [-0.2, -0.15) is 0 Å². The molecule has 0 saturated carbocycles. The Balaban J connectivity index is 2.30. The smallest absolute Gasteiger partial charge is 0.340 e. The number of aryl methyl sites for hydroxylation is 1. The number of aromatic amines is 1. The van der Waals surface area contributed by atoms with Gasteiger partial charge in [0.15, 0.2) is 0 Å². The first-order chi connectivity index (χ1) is 12.5. The van der Waals surface area contributed by atoms with Gasteiger partial charge in [0, 0.05) is 25.9 Å². The monoisotopic (exact) mass is 358 g/mol. The average molecular weight is 358 g/mol. The standard InChI is InChI=1S/C20H26N2O4/c1-5-26-20(24)17-14(2)18(21-15(17)3)19(23)22(11-12-25-4)13-16-9-7-6-8-10-16/h6-10,21H,5,11-13H2,1-4H3. The van der Waals surface area contributed by atoms with Crippen molar-refractivity contribution in [1.82, 2.24) is 9.88 Å². The second-order valence-electron chi connectivity index (χ2n) is 6.05. The fourth-order valence-corrected chi connectivity index (χ4v) is 2.89. The Hall–Kier alpha value is -2.60. The van der Waals surface area contributed by atoms with Crippen LogP contribution in [0.3, 0.4) is 0 Å². The van der Waals surface area contributed by atoms with E-state index in [1.165, 1.54) is 0 Å². The summed E-state index contributed by atoms with van der Waals surface area (Å²) in [5.74, 6) is -0.577. The van der Waals surface area contributed by atoms with Gasteiger partial charge in [0.25, 0.3) is 5.91 Å². The summed E-state index contributed by atoms with van der Waals surface area (Å²) in [4.78, 5) is 30.1. The van der Waals surface area contributed by atoms with Crippen molar-refractivity contribution in [3.63, 3.8) is 0 Å². The first-order valence-electron chi connectivity index (χ1n) is 8.68. The Kier molecular flexibility index (Phi) is 6.97. The number of methoxy groups -OCH3 is 1. The van der Waals surface area contributed by atoms with Gasteiger partial charge >= 0.3 is 5.97 Å². The largest absolute Gasteiger partial charge is 0.462 e. The lowest BCUT2D eigenvalue weighted by Gasteiger charge is -2.22. The number of nitrogens with zero attached hydrogens (tertiary/aromatic N) is 1. The summed E-state index contributed by atoms with van der Waals surface area (Å²) in [6.07, 6.45) is 0. The molecule has 6 nitrogen and oxygen atoms in total. The van der Waals surface area contributed by atoms with Crippen LogP contribution in [0.25, 0.3) is 0 Å². The number of ether oxygens (including phenoxy) is 2. The lowest BCUT2D eigenvalue weighted by atomic mass is 10.1.